The Morgan fingerprint density at radius 1 is 1.34 bits per heavy atom. The second-order valence-corrected chi connectivity index (χ2v) is 8.92. The Hall–Kier alpha value is -1.47. The lowest BCUT2D eigenvalue weighted by atomic mass is 9.89. The Balaban J connectivity index is 1.88. The van der Waals surface area contributed by atoms with Crippen molar-refractivity contribution < 1.29 is 24.9 Å². The van der Waals surface area contributed by atoms with Gasteiger partial charge in [0.1, 0.15) is 0 Å². The van der Waals surface area contributed by atoms with E-state index in [2.05, 4.69) is 18.4 Å². The van der Waals surface area contributed by atoms with Gasteiger partial charge in [0, 0.05) is 30.7 Å². The molecular weight excluding hydrogens is 388 g/mol. The minimum absolute atomic E-state index is 0.0218. The fourth-order valence-electron chi connectivity index (χ4n) is 3.96. The number of aliphatic carboxylic acids is 1. The van der Waals surface area contributed by atoms with E-state index in [-0.39, 0.29) is 24.4 Å². The standard InChI is InChI=1S/C23H34O5S/c1-16-17(13-14-29-16)9-10-18(28-2)11-12-20-19(21(24)15-22(20)25)7-5-3-4-6-8-23(26)27/h3,5,11-14,18-22,24-25H,4,6-10,15H2,1-2H3,(H,26,27)/b5-3-,12-11+/t18-,19-,20-,21+,22+/m1/s1. The zero-order valence-electron chi connectivity index (χ0n) is 17.4. The van der Waals surface area contributed by atoms with Gasteiger partial charge < -0.3 is 20.1 Å². The number of rotatable bonds is 12. The first-order chi connectivity index (χ1) is 13.9. The SMILES string of the molecule is CO[C@@H](/C=C/[C@@H]1[C@@H](C/C=C\CCCC(=O)O)[C@@H](O)C[C@@H]1O)CCc1ccsc1C. The van der Waals surface area contributed by atoms with E-state index in [4.69, 9.17) is 9.84 Å². The molecule has 5 nitrogen and oxygen atoms in total. The number of aryl methyl sites for hydroxylation is 2. The van der Waals surface area contributed by atoms with Crippen LogP contribution in [0, 0.1) is 18.8 Å². The second kappa shape index (κ2) is 12.3. The fourth-order valence-corrected chi connectivity index (χ4v) is 4.72. The van der Waals surface area contributed by atoms with E-state index in [9.17, 15) is 15.0 Å². The number of aliphatic hydroxyl groups excluding tert-OH is 2. The number of carboxylic acid groups (broad SMARTS) is 1. The minimum Gasteiger partial charge on any atom is -0.481 e. The van der Waals surface area contributed by atoms with Crippen molar-refractivity contribution in [2.75, 3.05) is 7.11 Å². The van der Waals surface area contributed by atoms with E-state index < -0.39 is 18.2 Å². The number of hydrogen-bond acceptors (Lipinski definition) is 5. The van der Waals surface area contributed by atoms with Gasteiger partial charge >= 0.3 is 5.97 Å². The summed E-state index contributed by atoms with van der Waals surface area (Å²) in [6.45, 7) is 2.13. The number of methoxy groups -OCH3 is 1. The van der Waals surface area contributed by atoms with Crippen LogP contribution in [0.3, 0.4) is 0 Å². The lowest BCUT2D eigenvalue weighted by Gasteiger charge is -2.20. The van der Waals surface area contributed by atoms with Crippen molar-refractivity contribution in [3.63, 3.8) is 0 Å². The van der Waals surface area contributed by atoms with E-state index in [0.717, 1.165) is 12.8 Å². The van der Waals surface area contributed by atoms with E-state index in [0.29, 0.717) is 25.7 Å². The molecule has 1 fully saturated rings. The van der Waals surface area contributed by atoms with Crippen molar-refractivity contribution in [2.45, 2.75) is 70.2 Å². The molecule has 0 amide bonds. The summed E-state index contributed by atoms with van der Waals surface area (Å²) in [5, 5.41) is 31.5. The summed E-state index contributed by atoms with van der Waals surface area (Å²) in [5.74, 6) is -0.914. The number of ether oxygens (including phenoxy) is 1. The largest absolute Gasteiger partial charge is 0.481 e. The molecule has 1 aromatic heterocycles. The summed E-state index contributed by atoms with van der Waals surface area (Å²) in [7, 11) is 1.70. The second-order valence-electron chi connectivity index (χ2n) is 7.80. The van der Waals surface area contributed by atoms with E-state index in [1.54, 1.807) is 18.4 Å². The normalized spacial score (nSPS) is 25.9. The molecule has 0 radical (unpaired) electrons. The Morgan fingerprint density at radius 2 is 2.14 bits per heavy atom. The monoisotopic (exact) mass is 422 g/mol. The quantitative estimate of drug-likeness (QED) is 0.348. The fraction of sp³-hybridized carbons (Fsp3) is 0.609. The summed E-state index contributed by atoms with van der Waals surface area (Å²) in [6, 6.07) is 2.16. The predicted octanol–water partition coefficient (Wildman–Crippen LogP) is 4.12. The van der Waals surface area contributed by atoms with Gasteiger partial charge in [-0.3, -0.25) is 4.79 Å². The van der Waals surface area contributed by atoms with Crippen molar-refractivity contribution in [3.8, 4) is 0 Å². The molecule has 1 aliphatic carbocycles. The van der Waals surface area contributed by atoms with Gasteiger partial charge in [-0.25, -0.2) is 0 Å². The number of unbranched alkanes of at least 4 members (excludes halogenated alkanes) is 1. The molecule has 0 aromatic carbocycles. The van der Waals surface area contributed by atoms with Crippen LogP contribution >= 0.6 is 11.3 Å². The number of thiophene rings is 1. The molecule has 0 bridgehead atoms. The number of hydrogen-bond donors (Lipinski definition) is 3. The molecule has 0 saturated heterocycles. The zero-order valence-corrected chi connectivity index (χ0v) is 18.2. The van der Waals surface area contributed by atoms with E-state index in [1.165, 1.54) is 10.4 Å². The molecular formula is C23H34O5S. The van der Waals surface area contributed by atoms with Gasteiger partial charge in [0.15, 0.2) is 0 Å². The summed E-state index contributed by atoms with van der Waals surface area (Å²) in [5.41, 5.74) is 1.35. The van der Waals surface area contributed by atoms with Crippen LogP contribution in [-0.4, -0.2) is 46.7 Å². The van der Waals surface area contributed by atoms with Crippen LogP contribution in [0.5, 0.6) is 0 Å². The molecule has 1 aliphatic rings. The zero-order chi connectivity index (χ0) is 21.2. The highest BCUT2D eigenvalue weighted by Gasteiger charge is 2.39. The number of aliphatic hydroxyl groups is 2. The minimum atomic E-state index is -0.778. The maximum absolute atomic E-state index is 10.5. The van der Waals surface area contributed by atoms with Gasteiger partial charge in [0.25, 0.3) is 0 Å². The smallest absolute Gasteiger partial charge is 0.303 e. The Labute approximate surface area is 177 Å². The number of carboxylic acids is 1. The Bertz CT molecular complexity index is 681. The summed E-state index contributed by atoms with van der Waals surface area (Å²) < 4.78 is 5.60. The van der Waals surface area contributed by atoms with Gasteiger partial charge in [-0.15, -0.1) is 11.3 Å². The molecule has 5 atom stereocenters. The maximum Gasteiger partial charge on any atom is 0.303 e. The average Bonchev–Trinajstić information content (AvgIpc) is 3.20. The summed E-state index contributed by atoms with van der Waals surface area (Å²) in [6.07, 6.45) is 11.3. The molecule has 1 heterocycles. The first kappa shape index (κ1) is 23.8. The highest BCUT2D eigenvalue weighted by Crippen LogP contribution is 2.36. The predicted molar refractivity (Wildman–Crippen MR) is 116 cm³/mol. The van der Waals surface area contributed by atoms with Crippen LogP contribution in [0.4, 0.5) is 0 Å². The van der Waals surface area contributed by atoms with Gasteiger partial charge in [-0.2, -0.15) is 0 Å². The van der Waals surface area contributed by atoms with Crippen LogP contribution < -0.4 is 0 Å². The first-order valence-electron chi connectivity index (χ1n) is 10.4. The molecule has 3 N–H and O–H groups in total. The topological polar surface area (TPSA) is 87.0 Å². The highest BCUT2D eigenvalue weighted by atomic mass is 32.1. The lowest BCUT2D eigenvalue weighted by molar-refractivity contribution is -0.137. The van der Waals surface area contributed by atoms with E-state index in [1.807, 2.05) is 24.3 Å². The van der Waals surface area contributed by atoms with Crippen LogP contribution in [0.25, 0.3) is 0 Å². The van der Waals surface area contributed by atoms with Gasteiger partial charge in [-0.05, 0) is 62.0 Å². The van der Waals surface area contributed by atoms with Crippen molar-refractivity contribution >= 4 is 17.3 Å². The van der Waals surface area contributed by atoms with Crippen molar-refractivity contribution in [3.05, 3.63) is 46.2 Å². The molecule has 1 aromatic rings. The van der Waals surface area contributed by atoms with Gasteiger partial charge in [0.05, 0.1) is 18.3 Å². The van der Waals surface area contributed by atoms with E-state index >= 15 is 0 Å². The van der Waals surface area contributed by atoms with Gasteiger partial charge in [-0.1, -0.05) is 24.3 Å². The molecule has 0 aliphatic heterocycles. The molecule has 29 heavy (non-hydrogen) atoms. The van der Waals surface area contributed by atoms with Crippen LogP contribution in [0.2, 0.25) is 0 Å². The van der Waals surface area contributed by atoms with Crippen LogP contribution in [-0.2, 0) is 16.0 Å². The van der Waals surface area contributed by atoms with Gasteiger partial charge in [0.2, 0.25) is 0 Å². The molecule has 162 valence electrons. The van der Waals surface area contributed by atoms with Crippen LogP contribution in [0.15, 0.2) is 35.8 Å². The average molecular weight is 423 g/mol. The summed E-state index contributed by atoms with van der Waals surface area (Å²) >= 11 is 1.76. The third kappa shape index (κ3) is 7.70. The molecule has 2 rings (SSSR count). The van der Waals surface area contributed by atoms with Crippen molar-refractivity contribution in [1.29, 1.82) is 0 Å². The number of allylic oxidation sites excluding steroid dienone is 2. The molecule has 0 spiro atoms. The molecule has 0 unspecified atom stereocenters. The highest BCUT2D eigenvalue weighted by molar-refractivity contribution is 7.10. The molecule has 6 heteroatoms. The maximum atomic E-state index is 10.5. The van der Waals surface area contributed by atoms with Crippen LogP contribution in [0.1, 0.15) is 49.0 Å². The summed E-state index contributed by atoms with van der Waals surface area (Å²) in [4.78, 5) is 11.9. The van der Waals surface area contributed by atoms with Crippen molar-refractivity contribution in [1.82, 2.24) is 0 Å². The Morgan fingerprint density at radius 3 is 2.79 bits per heavy atom. The van der Waals surface area contributed by atoms with Crippen molar-refractivity contribution in [2.24, 2.45) is 11.8 Å². The molecule has 1 saturated carbocycles. The third-order valence-corrected chi connectivity index (χ3v) is 6.66. The number of carbonyl (C=O) groups is 1. The third-order valence-electron chi connectivity index (χ3n) is 5.77. The first-order valence-corrected chi connectivity index (χ1v) is 11.3. The lowest BCUT2D eigenvalue weighted by Crippen LogP contribution is -2.20. The Kier molecular flexibility index (Phi) is 10.1.